The molecule has 236 valence electrons. The van der Waals surface area contributed by atoms with Gasteiger partial charge in [0.15, 0.2) is 0 Å². The molecule has 1 aliphatic rings. The van der Waals surface area contributed by atoms with Crippen molar-refractivity contribution < 1.29 is 9.53 Å². The lowest BCUT2D eigenvalue weighted by Crippen LogP contribution is -2.57. The molecule has 3 heterocycles. The summed E-state index contributed by atoms with van der Waals surface area (Å²) in [5, 5.41) is 8.06. The molecule has 3 rings (SSSR count). The standard InChI is InChI=1S/C15H25N3.C15H24N2O.C5H10O/c1-5-6-13-12(2)16-8-7-14(13)18-10-9-17-15(3,4)11-18;1-6-8-12(3)10-13-11-17(4)16-15(13)14(18-5)9-7-2;1-3-4-5(2)6/h7-8,17H,5-6,9-11H2,1-4H3;9-11H,6-8H2,1-5H3;3-4H2,1-2H3/b;12-10+,14-9-;. The molecule has 1 saturated heterocycles. The third-order valence-electron chi connectivity index (χ3n) is 7.01. The minimum atomic E-state index is 0.193. The zero-order valence-electron chi connectivity index (χ0n) is 28.6. The average Bonchev–Trinajstić information content (AvgIpc) is 3.28. The molecule has 0 aromatic carbocycles. The van der Waals surface area contributed by atoms with Gasteiger partial charge in [-0.1, -0.05) is 52.2 Å². The fourth-order valence-corrected chi connectivity index (χ4v) is 5.14. The minimum absolute atomic E-state index is 0.193. The first kappa shape index (κ1) is 37.1. The third-order valence-corrected chi connectivity index (χ3v) is 7.01. The number of nitrogens with one attached hydrogen (secondary N) is 1. The van der Waals surface area contributed by atoms with Gasteiger partial charge in [0.1, 0.15) is 17.2 Å². The van der Waals surface area contributed by atoms with Crippen LogP contribution in [-0.4, -0.2) is 52.8 Å². The molecule has 0 atom stereocenters. The number of carbonyl (C=O) groups is 1. The van der Waals surface area contributed by atoms with Crippen molar-refractivity contribution in [3.05, 3.63) is 52.6 Å². The van der Waals surface area contributed by atoms with Crippen molar-refractivity contribution in [1.82, 2.24) is 20.1 Å². The van der Waals surface area contributed by atoms with E-state index in [-0.39, 0.29) is 11.3 Å². The smallest absolute Gasteiger partial charge is 0.142 e. The predicted molar refractivity (Wildman–Crippen MR) is 180 cm³/mol. The van der Waals surface area contributed by atoms with Crippen molar-refractivity contribution in [2.24, 2.45) is 7.05 Å². The first-order valence-electron chi connectivity index (χ1n) is 15.8. The van der Waals surface area contributed by atoms with Gasteiger partial charge in [-0.05, 0) is 78.0 Å². The summed E-state index contributed by atoms with van der Waals surface area (Å²) >= 11 is 0. The molecule has 2 aromatic heterocycles. The van der Waals surface area contributed by atoms with E-state index in [1.807, 2.05) is 31.0 Å². The number of Topliss-reactive ketones (excluding diaryl/α,β-unsaturated/α-hetero) is 1. The van der Waals surface area contributed by atoms with Crippen LogP contribution in [0.3, 0.4) is 0 Å². The van der Waals surface area contributed by atoms with E-state index < -0.39 is 0 Å². The van der Waals surface area contributed by atoms with Crippen LogP contribution in [0.2, 0.25) is 0 Å². The number of piperazine rings is 1. The molecule has 0 unspecified atom stereocenters. The van der Waals surface area contributed by atoms with Gasteiger partial charge >= 0.3 is 0 Å². The highest BCUT2D eigenvalue weighted by molar-refractivity contribution is 5.75. The minimum Gasteiger partial charge on any atom is -0.495 e. The van der Waals surface area contributed by atoms with Gasteiger partial charge in [0.2, 0.25) is 0 Å². The van der Waals surface area contributed by atoms with Crippen LogP contribution in [0.25, 0.3) is 11.8 Å². The van der Waals surface area contributed by atoms with Gasteiger partial charge in [0.05, 0.1) is 7.11 Å². The SMILES string of the molecule is CC/C=C(\OC)c1nn(C)cc1/C=C(\C)CCC.CCCC(C)=O.CCCc1c(N2CCNC(C)(C)C2)ccnc1C. The number of aryl methyl sites for hydroxylation is 2. The Morgan fingerprint density at radius 2 is 1.81 bits per heavy atom. The van der Waals surface area contributed by atoms with Crippen LogP contribution in [0.4, 0.5) is 5.69 Å². The number of carbonyl (C=O) groups excluding carboxylic acids is 1. The number of aromatic nitrogens is 3. The predicted octanol–water partition coefficient (Wildman–Crippen LogP) is 7.93. The fourth-order valence-electron chi connectivity index (χ4n) is 5.14. The topological polar surface area (TPSA) is 72.3 Å². The zero-order valence-corrected chi connectivity index (χ0v) is 28.6. The van der Waals surface area contributed by atoms with Crippen LogP contribution in [0.1, 0.15) is 116 Å². The van der Waals surface area contributed by atoms with E-state index in [2.05, 4.69) is 87.0 Å². The Morgan fingerprint density at radius 3 is 2.33 bits per heavy atom. The fraction of sp³-hybridized carbons (Fsp3) is 0.629. The Morgan fingerprint density at radius 1 is 1.12 bits per heavy atom. The maximum atomic E-state index is 10.0. The summed E-state index contributed by atoms with van der Waals surface area (Å²) in [6, 6.07) is 2.18. The molecule has 1 fully saturated rings. The summed E-state index contributed by atoms with van der Waals surface area (Å²) in [4.78, 5) is 17.0. The first-order valence-corrected chi connectivity index (χ1v) is 15.8. The zero-order chi connectivity index (χ0) is 31.7. The number of allylic oxidation sites excluding steroid dienone is 2. The Balaban J connectivity index is 0.000000353. The Kier molecular flexibility index (Phi) is 17.0. The Bertz CT molecular complexity index is 1150. The molecule has 1 N–H and O–H groups in total. The molecule has 42 heavy (non-hydrogen) atoms. The lowest BCUT2D eigenvalue weighted by molar-refractivity contribution is -0.117. The molecule has 0 spiro atoms. The van der Waals surface area contributed by atoms with E-state index in [9.17, 15) is 4.79 Å². The molecule has 0 bridgehead atoms. The summed E-state index contributed by atoms with van der Waals surface area (Å²) in [6.07, 6.45) is 15.5. The molecule has 2 aromatic rings. The summed E-state index contributed by atoms with van der Waals surface area (Å²) in [5.74, 6) is 1.14. The number of pyridine rings is 1. The van der Waals surface area contributed by atoms with Crippen molar-refractivity contribution in [2.75, 3.05) is 31.6 Å². The molecule has 7 heteroatoms. The van der Waals surface area contributed by atoms with E-state index in [4.69, 9.17) is 4.74 Å². The number of hydrogen-bond donors (Lipinski definition) is 1. The number of ether oxygens (including phenoxy) is 1. The lowest BCUT2D eigenvalue weighted by atomic mass is 9.99. The lowest BCUT2D eigenvalue weighted by Gasteiger charge is -2.41. The van der Waals surface area contributed by atoms with Crippen molar-refractivity contribution in [2.45, 2.75) is 113 Å². The first-order chi connectivity index (χ1) is 19.9. The van der Waals surface area contributed by atoms with Crippen molar-refractivity contribution in [3.8, 4) is 0 Å². The molecular weight excluding hydrogens is 522 g/mol. The highest BCUT2D eigenvalue weighted by atomic mass is 16.5. The van der Waals surface area contributed by atoms with E-state index in [0.717, 1.165) is 68.8 Å². The van der Waals surface area contributed by atoms with Gasteiger partial charge in [-0.3, -0.25) is 9.67 Å². The van der Waals surface area contributed by atoms with Crippen molar-refractivity contribution >= 4 is 23.3 Å². The van der Waals surface area contributed by atoms with Gasteiger partial charge < -0.3 is 19.7 Å². The monoisotopic (exact) mass is 581 g/mol. The maximum absolute atomic E-state index is 10.0. The third kappa shape index (κ3) is 12.9. The molecule has 1 aliphatic heterocycles. The molecular formula is C35H59N5O2. The summed E-state index contributed by atoms with van der Waals surface area (Å²) in [5.41, 5.74) is 7.63. The molecule has 0 amide bonds. The van der Waals surface area contributed by atoms with Crippen molar-refractivity contribution in [1.29, 1.82) is 0 Å². The highest BCUT2D eigenvalue weighted by Crippen LogP contribution is 2.26. The number of nitrogens with zero attached hydrogens (tertiary/aromatic N) is 4. The number of anilines is 1. The van der Waals surface area contributed by atoms with Gasteiger partial charge in [0, 0.05) is 68.0 Å². The Labute approximate surface area is 256 Å². The normalized spacial score (nSPS) is 14.9. The second kappa shape index (κ2) is 19.3. The van der Waals surface area contributed by atoms with Gasteiger partial charge in [0.25, 0.3) is 0 Å². The van der Waals surface area contributed by atoms with E-state index in [1.54, 1.807) is 14.0 Å². The van der Waals surface area contributed by atoms with Gasteiger partial charge in [-0.15, -0.1) is 0 Å². The van der Waals surface area contributed by atoms with Crippen LogP contribution < -0.4 is 10.2 Å². The second-order valence-corrected chi connectivity index (χ2v) is 11.9. The average molecular weight is 582 g/mol. The van der Waals surface area contributed by atoms with Crippen LogP contribution in [0.15, 0.2) is 30.1 Å². The molecule has 7 nitrogen and oxygen atoms in total. The quantitative estimate of drug-likeness (QED) is 0.272. The molecule has 0 aliphatic carbocycles. The van der Waals surface area contributed by atoms with E-state index in [0.29, 0.717) is 0 Å². The second-order valence-electron chi connectivity index (χ2n) is 11.9. The summed E-state index contributed by atoms with van der Waals surface area (Å²) in [7, 11) is 3.64. The highest BCUT2D eigenvalue weighted by Gasteiger charge is 2.27. The number of rotatable bonds is 11. The molecule has 0 radical (unpaired) electrons. The summed E-state index contributed by atoms with van der Waals surface area (Å²) < 4.78 is 7.26. The Hall–Kier alpha value is -2.93. The largest absolute Gasteiger partial charge is 0.495 e. The van der Waals surface area contributed by atoms with Gasteiger partial charge in [-0.25, -0.2) is 0 Å². The summed E-state index contributed by atoms with van der Waals surface area (Å²) in [6.45, 7) is 22.2. The van der Waals surface area contributed by atoms with Crippen LogP contribution in [0, 0.1) is 6.92 Å². The number of ketones is 1. The van der Waals surface area contributed by atoms with Crippen LogP contribution in [-0.2, 0) is 23.0 Å². The number of hydrogen-bond acceptors (Lipinski definition) is 6. The van der Waals surface area contributed by atoms with Crippen molar-refractivity contribution in [3.63, 3.8) is 0 Å². The van der Waals surface area contributed by atoms with E-state index in [1.165, 1.54) is 35.4 Å². The van der Waals surface area contributed by atoms with Crippen LogP contribution >= 0.6 is 0 Å². The number of methoxy groups -OCH3 is 1. The molecule has 0 saturated carbocycles. The maximum Gasteiger partial charge on any atom is 0.142 e. The van der Waals surface area contributed by atoms with E-state index >= 15 is 0 Å². The van der Waals surface area contributed by atoms with Crippen LogP contribution in [0.5, 0.6) is 0 Å². The van der Waals surface area contributed by atoms with Gasteiger partial charge in [-0.2, -0.15) is 5.10 Å².